The standard InChI is InChI=1S/C11H16ClN3O3/c1-18-7-6-13-4-5-14-10-3-2-9(12)8-11(10)15(16)17/h2-3,8,13-14H,4-7H2,1H3. The molecule has 18 heavy (non-hydrogen) atoms. The van der Waals surface area contributed by atoms with Crippen LogP contribution in [-0.4, -0.2) is 38.3 Å². The molecule has 0 saturated heterocycles. The van der Waals surface area contributed by atoms with Gasteiger partial charge in [-0.25, -0.2) is 0 Å². The molecule has 0 unspecified atom stereocenters. The Kier molecular flexibility index (Phi) is 6.42. The molecule has 0 radical (unpaired) electrons. The Morgan fingerprint density at radius 3 is 2.83 bits per heavy atom. The summed E-state index contributed by atoms with van der Waals surface area (Å²) >= 11 is 5.72. The van der Waals surface area contributed by atoms with Crippen LogP contribution in [0.2, 0.25) is 5.02 Å². The highest BCUT2D eigenvalue weighted by molar-refractivity contribution is 6.30. The lowest BCUT2D eigenvalue weighted by Crippen LogP contribution is -2.25. The summed E-state index contributed by atoms with van der Waals surface area (Å²) in [6.07, 6.45) is 0. The number of hydrogen-bond acceptors (Lipinski definition) is 5. The maximum Gasteiger partial charge on any atom is 0.293 e. The highest BCUT2D eigenvalue weighted by atomic mass is 35.5. The van der Waals surface area contributed by atoms with E-state index in [1.807, 2.05) is 0 Å². The van der Waals surface area contributed by atoms with E-state index in [1.165, 1.54) is 6.07 Å². The van der Waals surface area contributed by atoms with Gasteiger partial charge in [-0.05, 0) is 12.1 Å². The van der Waals surface area contributed by atoms with Gasteiger partial charge in [0.15, 0.2) is 0 Å². The first-order valence-electron chi connectivity index (χ1n) is 5.52. The van der Waals surface area contributed by atoms with Gasteiger partial charge in [0.2, 0.25) is 0 Å². The summed E-state index contributed by atoms with van der Waals surface area (Å²) < 4.78 is 4.88. The van der Waals surface area contributed by atoms with E-state index in [0.29, 0.717) is 30.4 Å². The zero-order chi connectivity index (χ0) is 13.4. The monoisotopic (exact) mass is 273 g/mol. The predicted octanol–water partition coefficient (Wildman–Crippen LogP) is 1.90. The molecule has 7 heteroatoms. The summed E-state index contributed by atoms with van der Waals surface area (Å²) in [5, 5.41) is 17.3. The van der Waals surface area contributed by atoms with Gasteiger partial charge in [0.05, 0.1) is 11.5 Å². The van der Waals surface area contributed by atoms with Crippen LogP contribution in [0.4, 0.5) is 11.4 Å². The molecule has 0 bridgehead atoms. The molecule has 0 fully saturated rings. The molecule has 0 spiro atoms. The lowest BCUT2D eigenvalue weighted by Gasteiger charge is -2.08. The summed E-state index contributed by atoms with van der Waals surface area (Å²) in [6, 6.07) is 4.56. The van der Waals surface area contributed by atoms with Crippen molar-refractivity contribution in [1.29, 1.82) is 0 Å². The largest absolute Gasteiger partial charge is 0.383 e. The Hall–Kier alpha value is -1.37. The number of methoxy groups -OCH3 is 1. The molecule has 0 aromatic heterocycles. The molecule has 6 nitrogen and oxygen atoms in total. The fraction of sp³-hybridized carbons (Fsp3) is 0.455. The first kappa shape index (κ1) is 14.7. The van der Waals surface area contributed by atoms with Gasteiger partial charge in [-0.15, -0.1) is 0 Å². The lowest BCUT2D eigenvalue weighted by atomic mass is 10.2. The Labute approximate surface area is 110 Å². The second-order valence-corrected chi connectivity index (χ2v) is 4.02. The van der Waals surface area contributed by atoms with Crippen molar-refractivity contribution < 1.29 is 9.66 Å². The van der Waals surface area contributed by atoms with E-state index in [0.717, 1.165) is 6.54 Å². The van der Waals surface area contributed by atoms with E-state index in [9.17, 15) is 10.1 Å². The SMILES string of the molecule is COCCNCCNc1ccc(Cl)cc1[N+](=O)[O-]. The minimum Gasteiger partial charge on any atom is -0.383 e. The first-order chi connectivity index (χ1) is 8.65. The molecule has 0 aliphatic heterocycles. The maximum atomic E-state index is 10.8. The van der Waals surface area contributed by atoms with Crippen molar-refractivity contribution in [3.8, 4) is 0 Å². The number of nitro groups is 1. The normalized spacial score (nSPS) is 10.3. The van der Waals surface area contributed by atoms with Crippen LogP contribution in [0.5, 0.6) is 0 Å². The van der Waals surface area contributed by atoms with Gasteiger partial charge >= 0.3 is 0 Å². The van der Waals surface area contributed by atoms with Crippen LogP contribution in [0, 0.1) is 10.1 Å². The minimum atomic E-state index is -0.452. The Morgan fingerprint density at radius 1 is 1.39 bits per heavy atom. The maximum absolute atomic E-state index is 10.8. The Balaban J connectivity index is 2.44. The van der Waals surface area contributed by atoms with Gasteiger partial charge in [0.25, 0.3) is 5.69 Å². The molecule has 0 atom stereocenters. The first-order valence-corrected chi connectivity index (χ1v) is 5.90. The molecule has 2 N–H and O–H groups in total. The molecule has 0 aliphatic carbocycles. The number of nitrogens with one attached hydrogen (secondary N) is 2. The predicted molar refractivity (Wildman–Crippen MR) is 71.3 cm³/mol. The Bertz CT molecular complexity index is 401. The summed E-state index contributed by atoms with van der Waals surface area (Å²) in [7, 11) is 1.64. The number of halogens is 1. The molecular weight excluding hydrogens is 258 g/mol. The summed E-state index contributed by atoms with van der Waals surface area (Å²) in [5.74, 6) is 0. The lowest BCUT2D eigenvalue weighted by molar-refractivity contribution is -0.383. The van der Waals surface area contributed by atoms with E-state index >= 15 is 0 Å². The summed E-state index contributed by atoms with van der Waals surface area (Å²) in [6.45, 7) is 2.68. The number of nitrogens with zero attached hydrogens (tertiary/aromatic N) is 1. The highest BCUT2D eigenvalue weighted by Gasteiger charge is 2.13. The Morgan fingerprint density at radius 2 is 2.17 bits per heavy atom. The molecule has 0 saturated carbocycles. The van der Waals surface area contributed by atoms with Gasteiger partial charge in [0, 0.05) is 37.8 Å². The van der Waals surface area contributed by atoms with Crippen molar-refractivity contribution in [3.63, 3.8) is 0 Å². The van der Waals surface area contributed by atoms with Gasteiger partial charge in [-0.1, -0.05) is 11.6 Å². The molecule has 1 aromatic carbocycles. The van der Waals surface area contributed by atoms with Crippen LogP contribution in [-0.2, 0) is 4.74 Å². The molecule has 100 valence electrons. The smallest absolute Gasteiger partial charge is 0.293 e. The number of anilines is 1. The van der Waals surface area contributed by atoms with Crippen LogP contribution >= 0.6 is 11.6 Å². The summed E-state index contributed by atoms with van der Waals surface area (Å²) in [5.41, 5.74) is 0.456. The second kappa shape index (κ2) is 7.86. The molecule has 0 heterocycles. The third-order valence-electron chi connectivity index (χ3n) is 2.26. The van der Waals surface area contributed by atoms with Gasteiger partial charge < -0.3 is 15.4 Å². The van der Waals surface area contributed by atoms with Crippen molar-refractivity contribution in [1.82, 2.24) is 5.32 Å². The molecular formula is C11H16ClN3O3. The molecule has 0 aliphatic rings. The van der Waals surface area contributed by atoms with Crippen molar-refractivity contribution in [3.05, 3.63) is 33.3 Å². The third kappa shape index (κ3) is 4.87. The van der Waals surface area contributed by atoms with Crippen LogP contribution in [0.15, 0.2) is 18.2 Å². The molecule has 1 aromatic rings. The summed E-state index contributed by atoms with van der Waals surface area (Å²) in [4.78, 5) is 10.4. The zero-order valence-electron chi connectivity index (χ0n) is 10.1. The van der Waals surface area contributed by atoms with Crippen LogP contribution < -0.4 is 10.6 Å². The van der Waals surface area contributed by atoms with Gasteiger partial charge in [-0.2, -0.15) is 0 Å². The van der Waals surface area contributed by atoms with Crippen molar-refractivity contribution in [2.24, 2.45) is 0 Å². The van der Waals surface area contributed by atoms with Crippen LogP contribution in [0.1, 0.15) is 0 Å². The van der Waals surface area contributed by atoms with E-state index in [2.05, 4.69) is 10.6 Å². The minimum absolute atomic E-state index is 0.0145. The zero-order valence-corrected chi connectivity index (χ0v) is 10.9. The van der Waals surface area contributed by atoms with E-state index < -0.39 is 4.92 Å². The average Bonchev–Trinajstić information content (AvgIpc) is 2.35. The van der Waals surface area contributed by atoms with Crippen LogP contribution in [0.3, 0.4) is 0 Å². The van der Waals surface area contributed by atoms with Crippen molar-refractivity contribution >= 4 is 23.0 Å². The van der Waals surface area contributed by atoms with E-state index in [-0.39, 0.29) is 5.69 Å². The number of nitro benzene ring substituents is 1. The van der Waals surface area contributed by atoms with E-state index in [1.54, 1.807) is 19.2 Å². The topological polar surface area (TPSA) is 76.4 Å². The average molecular weight is 274 g/mol. The number of rotatable bonds is 8. The van der Waals surface area contributed by atoms with E-state index in [4.69, 9.17) is 16.3 Å². The third-order valence-corrected chi connectivity index (χ3v) is 2.49. The van der Waals surface area contributed by atoms with Gasteiger partial charge in [0.1, 0.15) is 5.69 Å². The van der Waals surface area contributed by atoms with Gasteiger partial charge in [-0.3, -0.25) is 10.1 Å². The quantitative estimate of drug-likeness (QED) is 0.430. The highest BCUT2D eigenvalue weighted by Crippen LogP contribution is 2.27. The van der Waals surface area contributed by atoms with Crippen molar-refractivity contribution in [2.45, 2.75) is 0 Å². The number of ether oxygens (including phenoxy) is 1. The molecule has 1 rings (SSSR count). The molecule has 0 amide bonds. The number of benzene rings is 1. The van der Waals surface area contributed by atoms with Crippen LogP contribution in [0.25, 0.3) is 0 Å². The second-order valence-electron chi connectivity index (χ2n) is 3.59. The fourth-order valence-electron chi connectivity index (χ4n) is 1.39. The van der Waals surface area contributed by atoms with Crippen molar-refractivity contribution in [2.75, 3.05) is 38.7 Å². The number of hydrogen-bond donors (Lipinski definition) is 2. The fourth-order valence-corrected chi connectivity index (χ4v) is 1.56.